The number of nitrogens with zero attached hydrogens (tertiary/aromatic N) is 1. The zero-order valence-corrected chi connectivity index (χ0v) is 18.2. The number of allylic oxidation sites excluding steroid dienone is 4. The molecule has 2 atom stereocenters. The van der Waals surface area contributed by atoms with E-state index < -0.39 is 0 Å². The summed E-state index contributed by atoms with van der Waals surface area (Å²) in [5, 5.41) is 0. The summed E-state index contributed by atoms with van der Waals surface area (Å²) in [6.07, 6.45) is 7.62. The average molecular weight is 408 g/mol. The largest absolute Gasteiger partial charge is 0.247 e. The minimum absolute atomic E-state index is 0.307. The zero-order valence-electron chi connectivity index (χ0n) is 17.4. The molecule has 2 unspecified atom stereocenters. The van der Waals surface area contributed by atoms with Gasteiger partial charge in [0.05, 0.1) is 11.4 Å². The average Bonchev–Trinajstić information content (AvgIpc) is 2.82. The summed E-state index contributed by atoms with van der Waals surface area (Å²) in [5.41, 5.74) is 7.65. The first-order valence-corrected chi connectivity index (χ1v) is 11.4. The van der Waals surface area contributed by atoms with Gasteiger partial charge in [0.15, 0.2) is 0 Å². The first-order valence-electron chi connectivity index (χ1n) is 10.6. The molecule has 1 aliphatic carbocycles. The van der Waals surface area contributed by atoms with Crippen molar-refractivity contribution in [3.63, 3.8) is 0 Å². The van der Waals surface area contributed by atoms with Crippen molar-refractivity contribution in [2.24, 2.45) is 4.99 Å². The zero-order chi connectivity index (χ0) is 20.5. The number of benzene rings is 3. The molecule has 148 valence electrons. The van der Waals surface area contributed by atoms with Crippen LogP contribution < -0.4 is 0 Å². The third-order valence-corrected chi connectivity index (χ3v) is 7.27. The fraction of sp³-hybridized carbons (Fsp3) is 0.179. The fourth-order valence-corrected chi connectivity index (χ4v) is 5.37. The van der Waals surface area contributed by atoms with Crippen LogP contribution in [0.3, 0.4) is 0 Å². The van der Waals surface area contributed by atoms with Gasteiger partial charge >= 0.3 is 0 Å². The van der Waals surface area contributed by atoms with Crippen LogP contribution in [-0.2, 0) is 0 Å². The summed E-state index contributed by atoms with van der Waals surface area (Å²) >= 11 is 1.86. The number of hydrogen-bond donors (Lipinski definition) is 0. The molecule has 0 radical (unpaired) electrons. The normalized spacial score (nSPS) is 16.7. The standard InChI is InChI=1S/C28H25NS/c1-19(21-11-5-3-6-12-21)23-17-26-28(30-27-16-10-9-15-25(27)29-26)18-24(23)20(2)22-13-7-4-8-14-22/h3-9,11-20H,10H2,1-2H3. The van der Waals surface area contributed by atoms with E-state index in [1.165, 1.54) is 32.1 Å². The lowest BCUT2D eigenvalue weighted by Gasteiger charge is -2.26. The Morgan fingerprint density at radius 2 is 1.40 bits per heavy atom. The molecule has 0 N–H and O–H groups in total. The summed E-state index contributed by atoms with van der Waals surface area (Å²) < 4.78 is 0. The van der Waals surface area contributed by atoms with Crippen LogP contribution in [0.4, 0.5) is 5.69 Å². The predicted molar refractivity (Wildman–Crippen MR) is 129 cm³/mol. The first-order chi connectivity index (χ1) is 14.7. The Kier molecular flexibility index (Phi) is 5.18. The molecule has 30 heavy (non-hydrogen) atoms. The lowest BCUT2D eigenvalue weighted by atomic mass is 9.82. The van der Waals surface area contributed by atoms with Gasteiger partial charge in [-0.05, 0) is 46.9 Å². The van der Waals surface area contributed by atoms with Gasteiger partial charge in [0.1, 0.15) is 0 Å². The molecule has 0 amide bonds. The lowest BCUT2D eigenvalue weighted by Crippen LogP contribution is -2.09. The van der Waals surface area contributed by atoms with Gasteiger partial charge in [-0.15, -0.1) is 0 Å². The third kappa shape index (κ3) is 3.57. The molecule has 0 bridgehead atoms. The summed E-state index contributed by atoms with van der Waals surface area (Å²) in [6, 6.07) is 26.4. The SMILES string of the molecule is CC(c1ccccc1)c1cc2c(cc1C(C)c1ccccc1)SC1=CCC=CC1=N2. The Balaban J connectivity index is 1.67. The monoisotopic (exact) mass is 407 g/mol. The van der Waals surface area contributed by atoms with Crippen molar-refractivity contribution in [3.05, 3.63) is 118 Å². The van der Waals surface area contributed by atoms with Crippen LogP contribution in [0.5, 0.6) is 0 Å². The van der Waals surface area contributed by atoms with Gasteiger partial charge in [0.2, 0.25) is 0 Å². The Labute approximate surface area is 183 Å². The van der Waals surface area contributed by atoms with Crippen molar-refractivity contribution in [1.82, 2.24) is 0 Å². The van der Waals surface area contributed by atoms with Gasteiger partial charge in [-0.2, -0.15) is 0 Å². The van der Waals surface area contributed by atoms with Crippen molar-refractivity contribution < 1.29 is 0 Å². The molecular formula is C28H25NS. The molecule has 3 aromatic rings. The fourth-order valence-electron chi connectivity index (χ4n) is 4.34. The molecule has 2 aliphatic rings. The van der Waals surface area contributed by atoms with E-state index >= 15 is 0 Å². The number of thioether (sulfide) groups is 1. The second-order valence-electron chi connectivity index (χ2n) is 8.02. The van der Waals surface area contributed by atoms with Crippen molar-refractivity contribution in [3.8, 4) is 0 Å². The molecule has 1 heterocycles. The molecule has 5 rings (SSSR count). The smallest absolute Gasteiger partial charge is 0.0779 e. The number of fused-ring (bicyclic) bond motifs is 2. The number of aliphatic imine (C=N–C) groups is 1. The molecule has 0 aromatic heterocycles. The van der Waals surface area contributed by atoms with E-state index in [2.05, 4.69) is 105 Å². The molecule has 0 fully saturated rings. The lowest BCUT2D eigenvalue weighted by molar-refractivity contribution is 0.838. The van der Waals surface area contributed by atoms with Crippen LogP contribution in [0.25, 0.3) is 0 Å². The van der Waals surface area contributed by atoms with E-state index in [1.54, 1.807) is 0 Å². The Morgan fingerprint density at radius 3 is 2.03 bits per heavy atom. The maximum Gasteiger partial charge on any atom is 0.0779 e. The highest BCUT2D eigenvalue weighted by Gasteiger charge is 2.24. The minimum Gasteiger partial charge on any atom is -0.247 e. The second-order valence-corrected chi connectivity index (χ2v) is 9.10. The second kappa shape index (κ2) is 8.12. The maximum atomic E-state index is 5.02. The number of hydrogen-bond acceptors (Lipinski definition) is 2. The Bertz CT molecular complexity index is 1160. The van der Waals surface area contributed by atoms with Crippen LogP contribution >= 0.6 is 11.8 Å². The Morgan fingerprint density at radius 1 is 0.800 bits per heavy atom. The minimum atomic E-state index is 0.307. The Hall–Kier alpha value is -2.84. The van der Waals surface area contributed by atoms with Gasteiger partial charge in [0, 0.05) is 21.6 Å². The summed E-state index contributed by atoms with van der Waals surface area (Å²) in [7, 11) is 0. The summed E-state index contributed by atoms with van der Waals surface area (Å²) in [4.78, 5) is 7.57. The number of rotatable bonds is 4. The van der Waals surface area contributed by atoms with Crippen LogP contribution in [0.15, 0.2) is 106 Å². The van der Waals surface area contributed by atoms with Gasteiger partial charge in [-0.1, -0.05) is 98.4 Å². The van der Waals surface area contributed by atoms with Gasteiger partial charge in [-0.25, -0.2) is 4.99 Å². The highest BCUT2D eigenvalue weighted by atomic mass is 32.2. The van der Waals surface area contributed by atoms with E-state index in [0.29, 0.717) is 11.8 Å². The van der Waals surface area contributed by atoms with Gasteiger partial charge < -0.3 is 0 Å². The first kappa shape index (κ1) is 19.1. The molecule has 0 spiro atoms. The van der Waals surface area contributed by atoms with Crippen molar-refractivity contribution >= 4 is 23.2 Å². The van der Waals surface area contributed by atoms with E-state index in [1.807, 2.05) is 11.8 Å². The van der Waals surface area contributed by atoms with Crippen LogP contribution in [0.1, 0.15) is 54.4 Å². The summed E-state index contributed by atoms with van der Waals surface area (Å²) in [6.45, 7) is 4.64. The predicted octanol–water partition coefficient (Wildman–Crippen LogP) is 8.01. The molecule has 2 heteroatoms. The van der Waals surface area contributed by atoms with Crippen LogP contribution in [-0.4, -0.2) is 5.71 Å². The molecule has 1 aliphatic heterocycles. The molecule has 0 saturated heterocycles. The maximum absolute atomic E-state index is 5.02. The molecule has 1 nitrogen and oxygen atoms in total. The molecule has 3 aromatic carbocycles. The van der Waals surface area contributed by atoms with E-state index in [4.69, 9.17) is 4.99 Å². The molecule has 0 saturated carbocycles. The van der Waals surface area contributed by atoms with E-state index in [9.17, 15) is 0 Å². The quantitative estimate of drug-likeness (QED) is 0.426. The summed E-state index contributed by atoms with van der Waals surface area (Å²) in [5.74, 6) is 0.630. The third-order valence-electron chi connectivity index (χ3n) is 6.13. The van der Waals surface area contributed by atoms with Crippen molar-refractivity contribution in [1.29, 1.82) is 0 Å². The van der Waals surface area contributed by atoms with Gasteiger partial charge in [-0.3, -0.25) is 0 Å². The highest BCUT2D eigenvalue weighted by Crippen LogP contribution is 2.46. The van der Waals surface area contributed by atoms with E-state index in [0.717, 1.165) is 17.8 Å². The van der Waals surface area contributed by atoms with Crippen molar-refractivity contribution in [2.45, 2.75) is 37.0 Å². The highest BCUT2D eigenvalue weighted by molar-refractivity contribution is 8.04. The van der Waals surface area contributed by atoms with Crippen molar-refractivity contribution in [2.75, 3.05) is 0 Å². The molecular weight excluding hydrogens is 382 g/mol. The van der Waals surface area contributed by atoms with Gasteiger partial charge in [0.25, 0.3) is 0 Å². The van der Waals surface area contributed by atoms with E-state index in [-0.39, 0.29) is 0 Å². The van der Waals surface area contributed by atoms with Crippen LogP contribution in [0.2, 0.25) is 0 Å². The topological polar surface area (TPSA) is 12.4 Å². The van der Waals surface area contributed by atoms with Crippen LogP contribution in [0, 0.1) is 0 Å².